The average Bonchev–Trinajstić information content (AvgIpc) is 3.68. The molecule has 6 aromatic carbocycles. The second-order valence-corrected chi connectivity index (χ2v) is 14.1. The van der Waals surface area contributed by atoms with Gasteiger partial charge < -0.3 is 13.9 Å². The molecule has 5 nitrogen and oxygen atoms in total. The van der Waals surface area contributed by atoms with Crippen LogP contribution in [0.5, 0.6) is 11.5 Å². The summed E-state index contributed by atoms with van der Waals surface area (Å²) >= 11 is 7.13. The van der Waals surface area contributed by atoms with Gasteiger partial charge in [-0.2, -0.15) is 0 Å². The molecule has 51 heavy (non-hydrogen) atoms. The predicted octanol–water partition coefficient (Wildman–Crippen LogP) is 12.9. The average molecular weight is 801 g/mol. The van der Waals surface area contributed by atoms with E-state index < -0.39 is 0 Å². The highest BCUT2D eigenvalue weighted by Gasteiger charge is 2.11. The second kappa shape index (κ2) is 16.8. The van der Waals surface area contributed by atoms with Crippen molar-refractivity contribution in [2.24, 2.45) is 0 Å². The number of nitrogens with zero attached hydrogens (tertiary/aromatic N) is 2. The summed E-state index contributed by atoms with van der Waals surface area (Å²) in [5.41, 5.74) is 8.81. The van der Waals surface area contributed by atoms with E-state index in [1.165, 1.54) is 27.8 Å². The van der Waals surface area contributed by atoms with Gasteiger partial charge in [-0.1, -0.05) is 86.5 Å². The summed E-state index contributed by atoms with van der Waals surface area (Å²) < 4.78 is 20.1. The molecular formula is C44H36Br2N2O3. The van der Waals surface area contributed by atoms with E-state index >= 15 is 0 Å². The Kier molecular flexibility index (Phi) is 11.4. The quantitative estimate of drug-likeness (QED) is 0.103. The Labute approximate surface area is 315 Å². The van der Waals surface area contributed by atoms with Gasteiger partial charge in [0.25, 0.3) is 0 Å². The Bertz CT molecular complexity index is 2080. The number of benzene rings is 6. The molecule has 1 heterocycles. The van der Waals surface area contributed by atoms with Gasteiger partial charge in [0.15, 0.2) is 0 Å². The van der Waals surface area contributed by atoms with Crippen LogP contribution >= 0.6 is 31.9 Å². The Hall–Kier alpha value is -4.98. The molecule has 0 aliphatic heterocycles. The fourth-order valence-corrected chi connectivity index (χ4v) is 6.35. The maximum absolute atomic E-state index is 6.10. The summed E-state index contributed by atoms with van der Waals surface area (Å²) in [4.78, 5) is 0. The first-order chi connectivity index (χ1) is 25.1. The standard InChI is InChI=1S/C44H36Br2N2O3/c45-39-18-10-31(11-19-39)36-28-37(32-12-20-40(46)21-13-32)30-38(29-36)33-14-22-41(23-15-33)49-26-6-1-2-7-27-50-42-24-16-35(17-25-42)44-48-47-43(51-44)34-8-4-3-5-9-34/h3-5,8-25,28-30H,1-2,6-7,26-27H2. The molecule has 0 amide bonds. The van der Waals surface area contributed by atoms with Crippen LogP contribution in [0.4, 0.5) is 0 Å². The normalized spacial score (nSPS) is 11.0. The molecule has 0 bridgehead atoms. The molecule has 0 unspecified atom stereocenters. The van der Waals surface area contributed by atoms with Crippen molar-refractivity contribution < 1.29 is 13.9 Å². The molecule has 1 aromatic heterocycles. The lowest BCUT2D eigenvalue weighted by Crippen LogP contribution is -2.00. The highest BCUT2D eigenvalue weighted by Crippen LogP contribution is 2.34. The number of rotatable bonds is 14. The first-order valence-corrected chi connectivity index (χ1v) is 18.7. The van der Waals surface area contributed by atoms with E-state index in [2.05, 4.69) is 133 Å². The molecule has 0 spiro atoms. The molecular weight excluding hydrogens is 764 g/mol. The van der Waals surface area contributed by atoms with Crippen molar-refractivity contribution in [3.8, 4) is 67.8 Å². The van der Waals surface area contributed by atoms with E-state index in [0.717, 1.165) is 62.8 Å². The maximum atomic E-state index is 6.10. The lowest BCUT2D eigenvalue weighted by Gasteiger charge is -2.12. The van der Waals surface area contributed by atoms with Gasteiger partial charge in [-0.15, -0.1) is 10.2 Å². The maximum Gasteiger partial charge on any atom is 0.248 e. The number of aromatic nitrogens is 2. The Morgan fingerprint density at radius 2 is 0.765 bits per heavy atom. The SMILES string of the molecule is Brc1ccc(-c2cc(-c3ccc(Br)cc3)cc(-c3ccc(OCCCCCCOc4ccc(-c5nnc(-c6ccccc6)o5)cc4)cc3)c2)cc1. The van der Waals surface area contributed by atoms with Gasteiger partial charge >= 0.3 is 0 Å². The third kappa shape index (κ3) is 9.23. The van der Waals surface area contributed by atoms with Gasteiger partial charge in [-0.3, -0.25) is 0 Å². The first-order valence-electron chi connectivity index (χ1n) is 17.1. The van der Waals surface area contributed by atoms with Crippen LogP contribution in [-0.4, -0.2) is 23.4 Å². The summed E-state index contributed by atoms with van der Waals surface area (Å²) in [5, 5.41) is 8.37. The molecule has 7 heteroatoms. The van der Waals surface area contributed by atoms with Gasteiger partial charge in [0.05, 0.1) is 13.2 Å². The van der Waals surface area contributed by atoms with E-state index in [9.17, 15) is 0 Å². The van der Waals surface area contributed by atoms with Crippen LogP contribution in [0.3, 0.4) is 0 Å². The zero-order valence-electron chi connectivity index (χ0n) is 28.0. The number of halogens is 2. The molecule has 0 saturated heterocycles. The summed E-state index contributed by atoms with van der Waals surface area (Å²) in [7, 11) is 0. The van der Waals surface area contributed by atoms with Crippen molar-refractivity contribution in [3.05, 3.63) is 155 Å². The van der Waals surface area contributed by atoms with E-state index in [1.807, 2.05) is 54.6 Å². The van der Waals surface area contributed by atoms with E-state index in [0.29, 0.717) is 25.0 Å². The van der Waals surface area contributed by atoms with Crippen LogP contribution in [0.1, 0.15) is 25.7 Å². The van der Waals surface area contributed by atoms with Crippen LogP contribution in [-0.2, 0) is 0 Å². The summed E-state index contributed by atoms with van der Waals surface area (Å²) in [6.45, 7) is 1.36. The molecule has 0 N–H and O–H groups in total. The van der Waals surface area contributed by atoms with Gasteiger partial charge in [0.1, 0.15) is 11.5 Å². The highest BCUT2D eigenvalue weighted by atomic mass is 79.9. The summed E-state index contributed by atoms with van der Waals surface area (Å²) in [6, 6.07) is 49.7. The third-order valence-corrected chi connectivity index (χ3v) is 9.66. The zero-order chi connectivity index (χ0) is 34.8. The summed E-state index contributed by atoms with van der Waals surface area (Å²) in [6.07, 6.45) is 4.16. The Morgan fingerprint density at radius 1 is 0.392 bits per heavy atom. The van der Waals surface area contributed by atoms with E-state index in [-0.39, 0.29) is 0 Å². The smallest absolute Gasteiger partial charge is 0.248 e. The number of hydrogen-bond donors (Lipinski definition) is 0. The van der Waals surface area contributed by atoms with Crippen LogP contribution in [0.25, 0.3) is 56.3 Å². The van der Waals surface area contributed by atoms with Crippen LogP contribution in [0.2, 0.25) is 0 Å². The Morgan fingerprint density at radius 3 is 1.20 bits per heavy atom. The summed E-state index contributed by atoms with van der Waals surface area (Å²) in [5.74, 6) is 2.72. The molecule has 7 aromatic rings. The van der Waals surface area contributed by atoms with Gasteiger partial charge in [0.2, 0.25) is 11.8 Å². The van der Waals surface area contributed by atoms with Crippen molar-refractivity contribution in [2.75, 3.05) is 13.2 Å². The predicted molar refractivity (Wildman–Crippen MR) is 213 cm³/mol. The Balaban J connectivity index is 0.862. The van der Waals surface area contributed by atoms with Crippen LogP contribution in [0, 0.1) is 0 Å². The minimum absolute atomic E-state index is 0.493. The number of unbranched alkanes of at least 4 members (excludes halogenated alkanes) is 3. The minimum atomic E-state index is 0.493. The van der Waals surface area contributed by atoms with Crippen molar-refractivity contribution in [2.45, 2.75) is 25.7 Å². The number of hydrogen-bond acceptors (Lipinski definition) is 5. The largest absolute Gasteiger partial charge is 0.494 e. The molecule has 0 saturated carbocycles. The fourth-order valence-electron chi connectivity index (χ4n) is 5.82. The lowest BCUT2D eigenvalue weighted by atomic mass is 9.93. The van der Waals surface area contributed by atoms with Crippen molar-refractivity contribution >= 4 is 31.9 Å². The molecule has 0 fully saturated rings. The minimum Gasteiger partial charge on any atom is -0.494 e. The van der Waals surface area contributed by atoms with Crippen molar-refractivity contribution in [1.29, 1.82) is 0 Å². The third-order valence-electron chi connectivity index (χ3n) is 8.60. The van der Waals surface area contributed by atoms with Gasteiger partial charge in [0, 0.05) is 20.1 Å². The van der Waals surface area contributed by atoms with Crippen molar-refractivity contribution in [3.63, 3.8) is 0 Å². The molecule has 254 valence electrons. The zero-order valence-corrected chi connectivity index (χ0v) is 31.1. The molecule has 0 radical (unpaired) electrons. The number of ether oxygens (including phenoxy) is 2. The molecule has 0 aliphatic rings. The molecule has 0 atom stereocenters. The first kappa shape index (κ1) is 34.5. The van der Waals surface area contributed by atoms with Crippen LogP contribution in [0.15, 0.2) is 159 Å². The van der Waals surface area contributed by atoms with Crippen molar-refractivity contribution in [1.82, 2.24) is 10.2 Å². The lowest BCUT2D eigenvalue weighted by molar-refractivity contribution is 0.287. The van der Waals surface area contributed by atoms with E-state index in [1.54, 1.807) is 0 Å². The van der Waals surface area contributed by atoms with Gasteiger partial charge in [-0.25, -0.2) is 0 Å². The highest BCUT2D eigenvalue weighted by molar-refractivity contribution is 9.10. The molecule has 0 aliphatic carbocycles. The fraction of sp³-hybridized carbons (Fsp3) is 0.136. The van der Waals surface area contributed by atoms with E-state index in [4.69, 9.17) is 13.9 Å². The second-order valence-electron chi connectivity index (χ2n) is 12.3. The van der Waals surface area contributed by atoms with Crippen LogP contribution < -0.4 is 9.47 Å². The molecule has 7 rings (SSSR count). The van der Waals surface area contributed by atoms with Gasteiger partial charge in [-0.05, 0) is 150 Å². The topological polar surface area (TPSA) is 57.4 Å². The monoisotopic (exact) mass is 798 g/mol.